The van der Waals surface area contributed by atoms with Crippen LogP contribution < -0.4 is 15.4 Å². The third-order valence-electron chi connectivity index (χ3n) is 8.19. The summed E-state index contributed by atoms with van der Waals surface area (Å²) < 4.78 is 45.2. The number of para-hydroxylation sites is 1. The van der Waals surface area contributed by atoms with Gasteiger partial charge in [0.25, 0.3) is 5.91 Å². The van der Waals surface area contributed by atoms with Crippen LogP contribution in [0.1, 0.15) is 61.9 Å². The van der Waals surface area contributed by atoms with Crippen molar-refractivity contribution in [3.05, 3.63) is 53.6 Å². The maximum atomic E-state index is 13.7. The van der Waals surface area contributed by atoms with Crippen molar-refractivity contribution < 1.29 is 37.4 Å². The number of aliphatic hydroxyl groups excluding tert-OH is 1. The molecular formula is C31H39F3N4O5. The molecule has 4 rings (SSSR count). The summed E-state index contributed by atoms with van der Waals surface area (Å²) in [6, 6.07) is 8.04. The number of likely N-dealkylation sites (N-methyl/N-ethyl adjacent to an activating group) is 1. The van der Waals surface area contributed by atoms with Crippen molar-refractivity contribution >= 4 is 29.2 Å². The Morgan fingerprint density at radius 2 is 1.77 bits per heavy atom. The van der Waals surface area contributed by atoms with Crippen molar-refractivity contribution in [1.29, 1.82) is 0 Å². The van der Waals surface area contributed by atoms with Gasteiger partial charge in [0, 0.05) is 31.1 Å². The van der Waals surface area contributed by atoms with Gasteiger partial charge >= 0.3 is 12.2 Å². The lowest BCUT2D eigenvalue weighted by atomic mass is 9.88. The van der Waals surface area contributed by atoms with Gasteiger partial charge in [-0.15, -0.1) is 0 Å². The van der Waals surface area contributed by atoms with E-state index in [-0.39, 0.29) is 60.3 Å². The number of carbonyl (C=O) groups is 3. The van der Waals surface area contributed by atoms with Gasteiger partial charge in [-0.2, -0.15) is 13.2 Å². The molecule has 0 spiro atoms. The van der Waals surface area contributed by atoms with Crippen LogP contribution in [0.5, 0.6) is 5.75 Å². The first kappa shape index (κ1) is 32.1. The van der Waals surface area contributed by atoms with Crippen molar-refractivity contribution in [1.82, 2.24) is 9.80 Å². The number of hydrogen-bond donors (Lipinski definition) is 3. The van der Waals surface area contributed by atoms with Crippen molar-refractivity contribution in [2.75, 3.05) is 37.4 Å². The van der Waals surface area contributed by atoms with Crippen LogP contribution in [0.15, 0.2) is 42.5 Å². The molecule has 234 valence electrons. The van der Waals surface area contributed by atoms with Gasteiger partial charge in [0.1, 0.15) is 6.10 Å². The zero-order valence-corrected chi connectivity index (χ0v) is 24.6. The van der Waals surface area contributed by atoms with Gasteiger partial charge in [0.2, 0.25) is 5.91 Å². The molecule has 0 saturated heterocycles. The molecule has 0 radical (unpaired) electrons. The average Bonchev–Trinajstić information content (AvgIpc) is 2.99. The predicted octanol–water partition coefficient (Wildman–Crippen LogP) is 5.61. The van der Waals surface area contributed by atoms with Gasteiger partial charge in [0.15, 0.2) is 5.75 Å². The van der Waals surface area contributed by atoms with Crippen molar-refractivity contribution in [3.63, 3.8) is 0 Å². The van der Waals surface area contributed by atoms with E-state index in [0.29, 0.717) is 5.69 Å². The summed E-state index contributed by atoms with van der Waals surface area (Å²) in [4.78, 5) is 42.8. The summed E-state index contributed by atoms with van der Waals surface area (Å²) in [6.45, 7) is 3.64. The molecule has 2 aromatic rings. The smallest absolute Gasteiger partial charge is 0.416 e. The molecule has 43 heavy (non-hydrogen) atoms. The molecule has 0 bridgehead atoms. The number of nitrogens with zero attached hydrogens (tertiary/aromatic N) is 2. The number of carbonyl (C=O) groups excluding carboxylic acids is 3. The zero-order chi connectivity index (χ0) is 31.3. The van der Waals surface area contributed by atoms with Crippen LogP contribution in [0.25, 0.3) is 0 Å². The van der Waals surface area contributed by atoms with Crippen LogP contribution in [0, 0.1) is 11.8 Å². The molecule has 3 N–H and O–H groups in total. The Morgan fingerprint density at radius 3 is 2.40 bits per heavy atom. The number of fused-ring (bicyclic) bond motifs is 1. The number of alkyl halides is 3. The number of rotatable bonds is 7. The third-order valence-corrected chi connectivity index (χ3v) is 8.19. The number of aliphatic hydroxyl groups is 1. The van der Waals surface area contributed by atoms with Crippen molar-refractivity contribution in [2.45, 2.75) is 64.3 Å². The van der Waals surface area contributed by atoms with Crippen LogP contribution in [0.3, 0.4) is 0 Å². The number of nitrogens with one attached hydrogen (secondary N) is 2. The summed E-state index contributed by atoms with van der Waals surface area (Å²) in [5.74, 6) is -0.725. The van der Waals surface area contributed by atoms with Crippen LogP contribution in [-0.4, -0.2) is 71.6 Å². The number of urea groups is 1. The molecule has 1 aliphatic carbocycles. The minimum absolute atomic E-state index is 0.0630. The number of halogens is 3. The Bertz CT molecular complexity index is 1300. The number of ether oxygens (including phenoxy) is 1. The fourth-order valence-corrected chi connectivity index (χ4v) is 5.47. The van der Waals surface area contributed by atoms with E-state index in [1.54, 1.807) is 30.0 Å². The van der Waals surface area contributed by atoms with Crippen LogP contribution in [-0.2, 0) is 11.0 Å². The molecule has 1 heterocycles. The first-order valence-electron chi connectivity index (χ1n) is 14.6. The standard InChI is InChI=1S/C31H39F3N4O5/c1-19-16-38(20(2)18-39)29(41)24-10-7-11-25(36-28(40)21-8-5-4-6-9-21)27(24)43-26(19)17-37(3)30(42)35-23-14-12-22(13-15-23)31(32,33)34/h7,10-15,19-21,26,39H,4-6,8-9,16-18H2,1-3H3,(H,35,42)(H,36,40)/t19-,20-,26-/m0/s1. The molecule has 2 aliphatic rings. The Hall–Kier alpha value is -3.80. The third kappa shape index (κ3) is 7.78. The summed E-state index contributed by atoms with van der Waals surface area (Å²) in [6.07, 6.45) is -0.485. The molecule has 12 heteroatoms. The molecule has 1 aliphatic heterocycles. The van der Waals surface area contributed by atoms with Gasteiger partial charge in [-0.05, 0) is 56.2 Å². The minimum Gasteiger partial charge on any atom is -0.485 e. The molecule has 0 aromatic heterocycles. The van der Waals surface area contributed by atoms with Crippen molar-refractivity contribution in [3.8, 4) is 5.75 Å². The fraction of sp³-hybridized carbons (Fsp3) is 0.516. The first-order valence-corrected chi connectivity index (χ1v) is 14.6. The highest BCUT2D eigenvalue weighted by atomic mass is 19.4. The maximum Gasteiger partial charge on any atom is 0.416 e. The van der Waals surface area contributed by atoms with E-state index >= 15 is 0 Å². The van der Waals surface area contributed by atoms with E-state index in [4.69, 9.17) is 4.74 Å². The first-order chi connectivity index (χ1) is 20.4. The van der Waals surface area contributed by atoms with E-state index in [1.165, 1.54) is 24.1 Å². The Balaban J connectivity index is 1.58. The summed E-state index contributed by atoms with van der Waals surface area (Å²) in [5, 5.41) is 15.5. The lowest BCUT2D eigenvalue weighted by molar-refractivity contribution is -0.137. The molecule has 0 unspecified atom stereocenters. The van der Waals surface area contributed by atoms with Gasteiger partial charge in [-0.1, -0.05) is 32.3 Å². The monoisotopic (exact) mass is 604 g/mol. The average molecular weight is 605 g/mol. The van der Waals surface area contributed by atoms with Gasteiger partial charge in [-0.3, -0.25) is 9.59 Å². The van der Waals surface area contributed by atoms with E-state index < -0.39 is 29.9 Å². The molecule has 1 saturated carbocycles. The molecule has 1 fully saturated rings. The highest BCUT2D eigenvalue weighted by Gasteiger charge is 2.36. The van der Waals surface area contributed by atoms with Gasteiger partial charge < -0.3 is 30.3 Å². The summed E-state index contributed by atoms with van der Waals surface area (Å²) >= 11 is 0. The quantitative estimate of drug-likeness (QED) is 0.381. The number of anilines is 2. The number of amides is 4. The van der Waals surface area contributed by atoms with Crippen LogP contribution in [0.2, 0.25) is 0 Å². The largest absolute Gasteiger partial charge is 0.485 e. The lowest BCUT2D eigenvalue weighted by Crippen LogP contribution is -2.50. The van der Waals surface area contributed by atoms with Crippen LogP contribution in [0.4, 0.5) is 29.3 Å². The molecule has 2 aromatic carbocycles. The Labute approximate surface area is 249 Å². The van der Waals surface area contributed by atoms with E-state index in [2.05, 4.69) is 10.6 Å². The minimum atomic E-state index is -4.49. The normalized spacial score (nSPS) is 20.3. The van der Waals surface area contributed by atoms with Crippen LogP contribution >= 0.6 is 0 Å². The maximum absolute atomic E-state index is 13.7. The fourth-order valence-electron chi connectivity index (χ4n) is 5.47. The van der Waals surface area contributed by atoms with E-state index in [0.717, 1.165) is 44.2 Å². The second-order valence-corrected chi connectivity index (χ2v) is 11.5. The van der Waals surface area contributed by atoms with Crippen molar-refractivity contribution in [2.24, 2.45) is 11.8 Å². The number of benzene rings is 2. The lowest BCUT2D eigenvalue weighted by Gasteiger charge is -2.38. The molecule has 3 atom stereocenters. The van der Waals surface area contributed by atoms with Gasteiger partial charge in [0.05, 0.1) is 36.0 Å². The topological polar surface area (TPSA) is 111 Å². The summed E-state index contributed by atoms with van der Waals surface area (Å²) in [5.41, 5.74) is -0.0376. The van der Waals surface area contributed by atoms with E-state index in [9.17, 15) is 32.7 Å². The Kier molecular flexibility index (Phi) is 10.2. The molecule has 9 nitrogen and oxygen atoms in total. The second kappa shape index (κ2) is 13.7. The SMILES string of the molecule is C[C@H]1CN([C@@H](C)CO)C(=O)c2cccc(NC(=O)C3CCCCC3)c2O[C@H]1CN(C)C(=O)Nc1ccc(C(F)(F)F)cc1. The second-order valence-electron chi connectivity index (χ2n) is 11.5. The highest BCUT2D eigenvalue weighted by Crippen LogP contribution is 2.36. The number of hydrogen-bond acceptors (Lipinski definition) is 5. The molecular weight excluding hydrogens is 565 g/mol. The summed E-state index contributed by atoms with van der Waals surface area (Å²) in [7, 11) is 1.53. The van der Waals surface area contributed by atoms with E-state index in [1.807, 2.05) is 6.92 Å². The highest BCUT2D eigenvalue weighted by molar-refractivity contribution is 6.02. The zero-order valence-electron chi connectivity index (χ0n) is 24.6. The molecule has 4 amide bonds. The Morgan fingerprint density at radius 1 is 1.09 bits per heavy atom. The van der Waals surface area contributed by atoms with Gasteiger partial charge in [-0.25, -0.2) is 4.79 Å². The predicted molar refractivity (Wildman–Crippen MR) is 156 cm³/mol.